The second-order valence-corrected chi connectivity index (χ2v) is 8.65. The van der Waals surface area contributed by atoms with Crippen LogP contribution in [-0.4, -0.2) is 41.5 Å². The number of aromatic nitrogens is 3. The Morgan fingerprint density at radius 1 is 1.14 bits per heavy atom. The molecule has 178 valence electrons. The summed E-state index contributed by atoms with van der Waals surface area (Å²) in [6.45, 7) is 0.681. The van der Waals surface area contributed by atoms with E-state index >= 15 is 0 Å². The molecule has 1 aliphatic rings. The summed E-state index contributed by atoms with van der Waals surface area (Å²) in [5.74, 6) is 0.968. The summed E-state index contributed by atoms with van der Waals surface area (Å²) >= 11 is 0. The number of fused-ring (bicyclic) bond motifs is 1. The molecule has 1 aliphatic heterocycles. The first-order valence-corrected chi connectivity index (χ1v) is 11.8. The van der Waals surface area contributed by atoms with Crippen LogP contribution in [0.25, 0.3) is 5.69 Å². The number of benzene rings is 2. The smallest absolute Gasteiger partial charge is 0.338 e. The quantitative estimate of drug-likeness (QED) is 0.342. The maximum absolute atomic E-state index is 12.1. The average molecular weight is 469 g/mol. The van der Waals surface area contributed by atoms with Crippen LogP contribution in [0.2, 0.25) is 0 Å². The standard InChI is InChI=1S/C28H28N4O3/c1-31(22-6-8-23(9-7-22)32-16-3-14-30-32)24-10-11-25-20(13-17-35-27(25)18-24)4-5-21-19-29-15-12-26(21)28(33)34-2/h3,6-12,14-16,18-20H,4-5,13,17H2,1-2H3/t20-/m1/s1. The second-order valence-electron chi connectivity index (χ2n) is 8.65. The predicted molar refractivity (Wildman–Crippen MR) is 135 cm³/mol. The lowest BCUT2D eigenvalue weighted by Gasteiger charge is -2.28. The monoisotopic (exact) mass is 468 g/mol. The maximum Gasteiger partial charge on any atom is 0.338 e. The number of hydrogen-bond acceptors (Lipinski definition) is 6. The Morgan fingerprint density at radius 3 is 2.74 bits per heavy atom. The van der Waals surface area contributed by atoms with E-state index in [1.165, 1.54) is 12.7 Å². The Kier molecular flexibility index (Phi) is 6.48. The zero-order valence-electron chi connectivity index (χ0n) is 19.9. The van der Waals surface area contributed by atoms with Gasteiger partial charge in [-0.1, -0.05) is 6.07 Å². The molecular formula is C28H28N4O3. The number of carbonyl (C=O) groups excluding carboxylic acids is 1. The van der Waals surface area contributed by atoms with Crippen molar-refractivity contribution in [2.75, 3.05) is 25.7 Å². The fourth-order valence-corrected chi connectivity index (χ4v) is 4.63. The van der Waals surface area contributed by atoms with Crippen LogP contribution in [0.4, 0.5) is 11.4 Å². The molecule has 0 saturated carbocycles. The summed E-state index contributed by atoms with van der Waals surface area (Å²) in [6, 6.07) is 18.4. The zero-order chi connectivity index (χ0) is 24.2. The molecule has 35 heavy (non-hydrogen) atoms. The van der Waals surface area contributed by atoms with Crippen LogP contribution in [0.15, 0.2) is 79.4 Å². The van der Waals surface area contributed by atoms with Gasteiger partial charge in [-0.05, 0) is 78.8 Å². The van der Waals surface area contributed by atoms with Gasteiger partial charge in [0.05, 0.1) is 25.0 Å². The van der Waals surface area contributed by atoms with Crippen LogP contribution in [0.3, 0.4) is 0 Å². The van der Waals surface area contributed by atoms with Crippen molar-refractivity contribution < 1.29 is 14.3 Å². The molecule has 7 heteroatoms. The van der Waals surface area contributed by atoms with Gasteiger partial charge in [0.25, 0.3) is 0 Å². The van der Waals surface area contributed by atoms with Gasteiger partial charge >= 0.3 is 5.97 Å². The second kappa shape index (κ2) is 10.0. The summed E-state index contributed by atoms with van der Waals surface area (Å²) in [4.78, 5) is 18.5. The van der Waals surface area contributed by atoms with Gasteiger partial charge in [-0.3, -0.25) is 4.98 Å². The Hall–Kier alpha value is -4.13. The van der Waals surface area contributed by atoms with E-state index in [-0.39, 0.29) is 5.97 Å². The van der Waals surface area contributed by atoms with Gasteiger partial charge in [-0.2, -0.15) is 5.10 Å². The van der Waals surface area contributed by atoms with Crippen LogP contribution in [0.1, 0.15) is 40.2 Å². The summed E-state index contributed by atoms with van der Waals surface area (Å²) in [6.07, 6.45) is 9.72. The highest BCUT2D eigenvalue weighted by Gasteiger charge is 2.23. The van der Waals surface area contributed by atoms with Crippen molar-refractivity contribution in [2.24, 2.45) is 0 Å². The lowest BCUT2D eigenvalue weighted by atomic mass is 9.87. The third-order valence-corrected chi connectivity index (χ3v) is 6.63. The fraction of sp³-hybridized carbons (Fsp3) is 0.250. The van der Waals surface area contributed by atoms with Crippen molar-refractivity contribution in [2.45, 2.75) is 25.2 Å². The van der Waals surface area contributed by atoms with Gasteiger partial charge in [0.2, 0.25) is 0 Å². The largest absolute Gasteiger partial charge is 0.493 e. The first kappa shape index (κ1) is 22.7. The van der Waals surface area contributed by atoms with Crippen molar-refractivity contribution in [3.63, 3.8) is 0 Å². The molecule has 0 N–H and O–H groups in total. The number of esters is 1. The molecule has 0 fully saturated rings. The predicted octanol–water partition coefficient (Wildman–Crippen LogP) is 5.32. The molecular weight excluding hydrogens is 440 g/mol. The number of pyridine rings is 1. The van der Waals surface area contributed by atoms with Crippen LogP contribution < -0.4 is 9.64 Å². The number of aryl methyl sites for hydroxylation is 1. The minimum Gasteiger partial charge on any atom is -0.493 e. The molecule has 5 rings (SSSR count). The Balaban J connectivity index is 1.31. The summed E-state index contributed by atoms with van der Waals surface area (Å²) in [7, 11) is 3.46. The van der Waals surface area contributed by atoms with E-state index < -0.39 is 0 Å². The highest BCUT2D eigenvalue weighted by molar-refractivity contribution is 5.90. The van der Waals surface area contributed by atoms with Gasteiger partial charge in [0.1, 0.15) is 5.75 Å². The molecule has 0 radical (unpaired) electrons. The van der Waals surface area contributed by atoms with E-state index in [1.807, 2.05) is 16.9 Å². The highest BCUT2D eigenvalue weighted by Crippen LogP contribution is 2.39. The van der Waals surface area contributed by atoms with Gasteiger partial charge in [0.15, 0.2) is 0 Å². The SMILES string of the molecule is COC(=O)c1ccncc1CC[C@@H]1CCOc2cc(N(C)c3ccc(-n4cccn4)cc3)ccc21. The van der Waals surface area contributed by atoms with Crippen molar-refractivity contribution in [1.29, 1.82) is 0 Å². The molecule has 4 aromatic rings. The van der Waals surface area contributed by atoms with E-state index in [0.29, 0.717) is 18.1 Å². The molecule has 1 atom stereocenters. The Labute approximate surface area is 204 Å². The van der Waals surface area contributed by atoms with Crippen LogP contribution in [0, 0.1) is 0 Å². The van der Waals surface area contributed by atoms with E-state index in [4.69, 9.17) is 9.47 Å². The Morgan fingerprint density at radius 2 is 1.97 bits per heavy atom. The number of carbonyl (C=O) groups is 1. The first-order chi connectivity index (χ1) is 17.1. The number of methoxy groups -OCH3 is 1. The number of ether oxygens (including phenoxy) is 2. The van der Waals surface area contributed by atoms with Crippen molar-refractivity contribution in [3.8, 4) is 11.4 Å². The van der Waals surface area contributed by atoms with Crippen molar-refractivity contribution >= 4 is 17.3 Å². The molecule has 0 bridgehead atoms. The third-order valence-electron chi connectivity index (χ3n) is 6.63. The zero-order valence-corrected chi connectivity index (χ0v) is 19.9. The molecule has 3 heterocycles. The normalized spacial score (nSPS) is 14.6. The van der Waals surface area contributed by atoms with Crippen molar-refractivity contribution in [3.05, 3.63) is 96.1 Å². The average Bonchev–Trinajstić information content (AvgIpc) is 3.46. The molecule has 0 saturated heterocycles. The highest BCUT2D eigenvalue weighted by atomic mass is 16.5. The van der Waals surface area contributed by atoms with E-state index in [9.17, 15) is 4.79 Å². The molecule has 0 spiro atoms. The lowest BCUT2D eigenvalue weighted by Crippen LogP contribution is -2.17. The molecule has 0 amide bonds. The third kappa shape index (κ3) is 4.75. The minimum absolute atomic E-state index is 0.319. The summed E-state index contributed by atoms with van der Waals surface area (Å²) < 4.78 is 12.8. The number of anilines is 2. The van der Waals surface area contributed by atoms with Crippen molar-refractivity contribution in [1.82, 2.24) is 14.8 Å². The van der Waals surface area contributed by atoms with Crippen LogP contribution in [-0.2, 0) is 11.2 Å². The van der Waals surface area contributed by atoms with Crippen LogP contribution >= 0.6 is 0 Å². The summed E-state index contributed by atoms with van der Waals surface area (Å²) in [5.41, 5.74) is 5.89. The molecule has 2 aromatic heterocycles. The number of hydrogen-bond donors (Lipinski definition) is 0. The molecule has 7 nitrogen and oxygen atoms in total. The number of rotatable bonds is 7. The molecule has 2 aromatic carbocycles. The molecule has 0 aliphatic carbocycles. The van der Waals surface area contributed by atoms with Gasteiger partial charge in [0, 0.05) is 49.3 Å². The van der Waals surface area contributed by atoms with Gasteiger partial charge in [-0.15, -0.1) is 0 Å². The first-order valence-electron chi connectivity index (χ1n) is 11.8. The van der Waals surface area contributed by atoms with E-state index in [1.54, 1.807) is 24.7 Å². The van der Waals surface area contributed by atoms with Crippen LogP contribution in [0.5, 0.6) is 5.75 Å². The van der Waals surface area contributed by atoms with E-state index in [2.05, 4.69) is 64.5 Å². The van der Waals surface area contributed by atoms with Gasteiger partial charge < -0.3 is 14.4 Å². The van der Waals surface area contributed by atoms with E-state index in [0.717, 1.165) is 47.6 Å². The molecule has 0 unspecified atom stereocenters. The Bertz CT molecular complexity index is 1300. The lowest BCUT2D eigenvalue weighted by molar-refractivity contribution is 0.0599. The maximum atomic E-state index is 12.1. The fourth-order valence-electron chi connectivity index (χ4n) is 4.63. The number of nitrogens with zero attached hydrogens (tertiary/aromatic N) is 4. The van der Waals surface area contributed by atoms with Gasteiger partial charge in [-0.25, -0.2) is 9.48 Å². The minimum atomic E-state index is -0.319. The topological polar surface area (TPSA) is 69.5 Å². The summed E-state index contributed by atoms with van der Waals surface area (Å²) in [5, 5.41) is 4.29.